The van der Waals surface area contributed by atoms with Crippen LogP contribution in [0.15, 0.2) is 6.07 Å². The number of amides is 1. The van der Waals surface area contributed by atoms with Crippen LogP contribution < -0.4 is 5.73 Å². The van der Waals surface area contributed by atoms with Crippen LogP contribution in [0.2, 0.25) is 0 Å². The molecule has 19 heavy (non-hydrogen) atoms. The average molecular weight is 278 g/mol. The number of nitrogens with zero attached hydrogens (tertiary/aromatic N) is 1. The van der Waals surface area contributed by atoms with Crippen molar-refractivity contribution in [1.82, 2.24) is 4.90 Å². The van der Waals surface area contributed by atoms with Crippen molar-refractivity contribution in [3.05, 3.63) is 21.4 Å². The summed E-state index contributed by atoms with van der Waals surface area (Å²) in [6, 6.07) is 2.33. The van der Waals surface area contributed by atoms with E-state index >= 15 is 0 Å². The fourth-order valence-corrected chi connectivity index (χ4v) is 4.52. The molecular weight excluding hydrogens is 256 g/mol. The molecule has 2 fully saturated rings. The minimum Gasteiger partial charge on any atom is -0.337 e. The van der Waals surface area contributed by atoms with Gasteiger partial charge in [0.2, 0.25) is 0 Å². The van der Waals surface area contributed by atoms with Gasteiger partial charge in [0.15, 0.2) is 0 Å². The maximum atomic E-state index is 12.6. The van der Waals surface area contributed by atoms with Crippen LogP contribution in [-0.4, -0.2) is 29.9 Å². The standard InChI is InChI=1S/C15H22N2OS/c1-9-6-14(19-10(9)2)15(18)17-7-11-4-3-5-13(16)12(11)8-17/h6,11-13H,3-5,7-8,16H2,1-2H3. The number of likely N-dealkylation sites (tertiary alicyclic amines) is 1. The smallest absolute Gasteiger partial charge is 0.263 e. The van der Waals surface area contributed by atoms with Crippen LogP contribution >= 0.6 is 11.3 Å². The molecule has 1 saturated heterocycles. The van der Waals surface area contributed by atoms with Crippen molar-refractivity contribution in [1.29, 1.82) is 0 Å². The molecule has 2 aliphatic rings. The van der Waals surface area contributed by atoms with E-state index < -0.39 is 0 Å². The third kappa shape index (κ3) is 2.32. The van der Waals surface area contributed by atoms with Gasteiger partial charge in [-0.3, -0.25) is 4.79 Å². The largest absolute Gasteiger partial charge is 0.337 e. The molecule has 1 saturated carbocycles. The highest BCUT2D eigenvalue weighted by Gasteiger charge is 2.40. The molecule has 3 unspecified atom stereocenters. The van der Waals surface area contributed by atoms with Crippen LogP contribution in [0.1, 0.15) is 39.4 Å². The Labute approximate surface area is 118 Å². The first kappa shape index (κ1) is 13.1. The fourth-order valence-electron chi connectivity index (χ4n) is 3.52. The van der Waals surface area contributed by atoms with Crippen molar-refractivity contribution in [3.63, 3.8) is 0 Å². The van der Waals surface area contributed by atoms with E-state index in [9.17, 15) is 4.79 Å². The first-order valence-corrected chi connectivity index (χ1v) is 8.00. The van der Waals surface area contributed by atoms with E-state index in [1.165, 1.54) is 23.3 Å². The zero-order valence-electron chi connectivity index (χ0n) is 11.7. The van der Waals surface area contributed by atoms with Gasteiger partial charge in [-0.15, -0.1) is 11.3 Å². The van der Waals surface area contributed by atoms with E-state index in [-0.39, 0.29) is 5.91 Å². The average Bonchev–Trinajstić information content (AvgIpc) is 2.94. The molecule has 1 amide bonds. The Morgan fingerprint density at radius 1 is 1.37 bits per heavy atom. The summed E-state index contributed by atoms with van der Waals surface area (Å²) >= 11 is 1.62. The highest BCUT2D eigenvalue weighted by molar-refractivity contribution is 7.14. The van der Waals surface area contributed by atoms with Crippen molar-refractivity contribution in [2.24, 2.45) is 17.6 Å². The van der Waals surface area contributed by atoms with Crippen LogP contribution in [-0.2, 0) is 0 Å². The number of nitrogens with two attached hydrogens (primary N) is 1. The van der Waals surface area contributed by atoms with E-state index in [1.807, 2.05) is 11.0 Å². The molecule has 1 aromatic rings. The molecule has 0 spiro atoms. The number of rotatable bonds is 1. The van der Waals surface area contributed by atoms with Gasteiger partial charge in [0.1, 0.15) is 0 Å². The van der Waals surface area contributed by atoms with E-state index in [0.29, 0.717) is 17.9 Å². The maximum absolute atomic E-state index is 12.6. The van der Waals surface area contributed by atoms with Crippen LogP contribution in [0.4, 0.5) is 0 Å². The summed E-state index contributed by atoms with van der Waals surface area (Å²) in [5.74, 6) is 1.37. The van der Waals surface area contributed by atoms with Crippen LogP contribution in [0.25, 0.3) is 0 Å². The van der Waals surface area contributed by atoms with E-state index in [0.717, 1.165) is 24.4 Å². The molecule has 0 radical (unpaired) electrons. The normalized spacial score (nSPS) is 30.5. The van der Waals surface area contributed by atoms with Crippen molar-refractivity contribution in [2.45, 2.75) is 39.2 Å². The second-order valence-corrected chi connectivity index (χ2v) is 7.34. The number of hydrogen-bond acceptors (Lipinski definition) is 3. The third-order valence-corrected chi connectivity index (χ3v) is 5.96. The van der Waals surface area contributed by atoms with Gasteiger partial charge in [-0.1, -0.05) is 6.42 Å². The lowest BCUT2D eigenvalue weighted by Crippen LogP contribution is -2.38. The highest BCUT2D eigenvalue weighted by Crippen LogP contribution is 2.36. The van der Waals surface area contributed by atoms with Gasteiger partial charge >= 0.3 is 0 Å². The predicted molar refractivity (Wildman–Crippen MR) is 78.5 cm³/mol. The quantitative estimate of drug-likeness (QED) is 0.858. The Balaban J connectivity index is 1.75. The molecule has 4 heteroatoms. The molecule has 2 heterocycles. The first-order valence-electron chi connectivity index (χ1n) is 7.18. The molecule has 0 aromatic carbocycles. The third-order valence-electron chi connectivity index (χ3n) is 4.82. The van der Waals surface area contributed by atoms with Gasteiger partial charge in [-0.2, -0.15) is 0 Å². The van der Waals surface area contributed by atoms with Crippen LogP contribution in [0.5, 0.6) is 0 Å². The number of aryl methyl sites for hydroxylation is 2. The number of thiophene rings is 1. The van der Waals surface area contributed by atoms with E-state index in [1.54, 1.807) is 11.3 Å². The zero-order valence-corrected chi connectivity index (χ0v) is 12.5. The number of fused-ring (bicyclic) bond motifs is 1. The lowest BCUT2D eigenvalue weighted by atomic mass is 9.78. The molecule has 1 aliphatic heterocycles. The predicted octanol–water partition coefficient (Wildman–Crippen LogP) is 2.56. The monoisotopic (exact) mass is 278 g/mol. The minimum absolute atomic E-state index is 0.211. The molecule has 0 bridgehead atoms. The van der Waals surface area contributed by atoms with Crippen molar-refractivity contribution in [3.8, 4) is 0 Å². The minimum atomic E-state index is 0.211. The summed E-state index contributed by atoms with van der Waals surface area (Å²) in [6.45, 7) is 5.92. The van der Waals surface area contributed by atoms with Crippen LogP contribution in [0, 0.1) is 25.7 Å². The fraction of sp³-hybridized carbons (Fsp3) is 0.667. The lowest BCUT2D eigenvalue weighted by molar-refractivity contribution is 0.0788. The molecule has 104 valence electrons. The Kier molecular flexibility index (Phi) is 3.39. The first-order chi connectivity index (χ1) is 9.06. The number of hydrogen-bond donors (Lipinski definition) is 1. The summed E-state index contributed by atoms with van der Waals surface area (Å²) < 4.78 is 0. The topological polar surface area (TPSA) is 46.3 Å². The maximum Gasteiger partial charge on any atom is 0.263 e. The SMILES string of the molecule is Cc1cc(C(=O)N2CC3CCCC(N)C3C2)sc1C. The van der Waals surface area contributed by atoms with Crippen molar-refractivity contribution in [2.75, 3.05) is 13.1 Å². The van der Waals surface area contributed by atoms with Crippen molar-refractivity contribution < 1.29 is 4.79 Å². The molecule has 1 aromatic heterocycles. The Morgan fingerprint density at radius 2 is 2.16 bits per heavy atom. The van der Waals surface area contributed by atoms with Crippen molar-refractivity contribution >= 4 is 17.2 Å². The molecule has 1 aliphatic carbocycles. The molecule has 3 nitrogen and oxygen atoms in total. The summed E-state index contributed by atoms with van der Waals surface area (Å²) in [6.07, 6.45) is 3.59. The summed E-state index contributed by atoms with van der Waals surface area (Å²) in [7, 11) is 0. The van der Waals surface area contributed by atoms with Gasteiger partial charge in [0.05, 0.1) is 4.88 Å². The lowest BCUT2D eigenvalue weighted by Gasteiger charge is -2.29. The Hall–Kier alpha value is -0.870. The second-order valence-electron chi connectivity index (χ2n) is 6.08. The van der Waals surface area contributed by atoms with E-state index in [4.69, 9.17) is 5.73 Å². The molecule has 3 rings (SSSR count). The molecule has 2 N–H and O–H groups in total. The van der Waals surface area contributed by atoms with Gasteiger partial charge in [-0.05, 0) is 50.2 Å². The van der Waals surface area contributed by atoms with Gasteiger partial charge in [0.25, 0.3) is 5.91 Å². The zero-order chi connectivity index (χ0) is 13.6. The summed E-state index contributed by atoms with van der Waals surface area (Å²) in [5.41, 5.74) is 7.44. The van der Waals surface area contributed by atoms with Gasteiger partial charge < -0.3 is 10.6 Å². The van der Waals surface area contributed by atoms with Gasteiger partial charge in [0, 0.05) is 24.0 Å². The summed E-state index contributed by atoms with van der Waals surface area (Å²) in [5, 5.41) is 0. The Bertz CT molecular complexity index is 477. The molecular formula is C15H22N2OS. The summed E-state index contributed by atoms with van der Waals surface area (Å²) in [4.78, 5) is 16.7. The van der Waals surface area contributed by atoms with E-state index in [2.05, 4.69) is 13.8 Å². The second kappa shape index (κ2) is 4.91. The molecule has 3 atom stereocenters. The van der Waals surface area contributed by atoms with Gasteiger partial charge in [-0.25, -0.2) is 0 Å². The highest BCUT2D eigenvalue weighted by atomic mass is 32.1. The van der Waals surface area contributed by atoms with Crippen LogP contribution in [0.3, 0.4) is 0 Å². The number of carbonyl (C=O) groups is 1. The number of carbonyl (C=O) groups excluding carboxylic acids is 1. The Morgan fingerprint density at radius 3 is 2.79 bits per heavy atom.